The van der Waals surface area contributed by atoms with Crippen LogP contribution in [0.25, 0.3) is 0 Å². The van der Waals surface area contributed by atoms with Crippen LogP contribution in [-0.2, 0) is 14.2 Å². The van der Waals surface area contributed by atoms with E-state index in [1.807, 2.05) is 0 Å². The van der Waals surface area contributed by atoms with Crippen LogP contribution >= 0.6 is 0 Å². The standard InChI is InChI=1S/C36H58O8/c1-20-26(39)27(40)28(41)29(43-20)44-25-10-11-31(4)21(32(25,5)18-37)8-12-33(6)22(31)9-13-36-23-16-30(2,3)14-15-35(23,19-42-36)24(38)17-34(33,36)7/h9,13,20-29,37-41H,8,10-12,14-19H2,1-7H3/t20-,21+,22-,23+,24-,25+,26+,27+,28-,29+,31+,32+,33-,34+,35-,36-/m1/s1. The van der Waals surface area contributed by atoms with Crippen molar-refractivity contribution in [2.24, 2.45) is 50.2 Å². The maximum absolute atomic E-state index is 12.0. The zero-order chi connectivity index (χ0) is 31.9. The molecular formula is C36H58O8. The van der Waals surface area contributed by atoms with E-state index in [1.54, 1.807) is 6.92 Å². The summed E-state index contributed by atoms with van der Waals surface area (Å²) in [7, 11) is 0. The smallest absolute Gasteiger partial charge is 0.186 e. The summed E-state index contributed by atoms with van der Waals surface area (Å²) in [6.45, 7) is 16.4. The van der Waals surface area contributed by atoms with E-state index in [9.17, 15) is 25.5 Å². The highest BCUT2D eigenvalue weighted by molar-refractivity contribution is 5.36. The molecule has 8 nitrogen and oxygen atoms in total. The molecule has 7 aliphatic rings. The SMILES string of the molecule is C[C@H]1O[C@@H](O[C@H]2CC[C@@]3(C)[C@H](CC[C@]4(C)[C@@H]3C=C[C@@]35OC[C@@]6(CCC(C)(C)C[C@@H]63)[C@H](O)C[C@@]45C)[C@]2(C)CO)[C@H](O)[C@@H](O)[C@H]1O. The zero-order valence-corrected chi connectivity index (χ0v) is 28.0. The minimum absolute atomic E-state index is 0.0582. The van der Waals surface area contributed by atoms with Crippen molar-refractivity contribution in [3.05, 3.63) is 12.2 Å². The van der Waals surface area contributed by atoms with Gasteiger partial charge >= 0.3 is 0 Å². The third kappa shape index (κ3) is 3.75. The van der Waals surface area contributed by atoms with Gasteiger partial charge in [-0.25, -0.2) is 0 Å². The van der Waals surface area contributed by atoms with Gasteiger partial charge in [-0.1, -0.05) is 53.7 Å². The molecule has 8 heteroatoms. The van der Waals surface area contributed by atoms with Crippen molar-refractivity contribution in [1.29, 1.82) is 0 Å². The third-order valence-corrected chi connectivity index (χ3v) is 15.8. The predicted molar refractivity (Wildman–Crippen MR) is 164 cm³/mol. The van der Waals surface area contributed by atoms with Gasteiger partial charge in [0.2, 0.25) is 0 Å². The minimum atomic E-state index is -1.37. The molecule has 2 aliphatic heterocycles. The number of fused-ring (bicyclic) bond motifs is 4. The molecule has 0 unspecified atom stereocenters. The lowest BCUT2D eigenvalue weighted by Gasteiger charge is -2.73. The average molecular weight is 619 g/mol. The third-order valence-electron chi connectivity index (χ3n) is 15.8. The molecule has 2 bridgehead atoms. The van der Waals surface area contributed by atoms with E-state index in [0.29, 0.717) is 18.9 Å². The lowest BCUT2D eigenvalue weighted by Crippen LogP contribution is -2.72. The quantitative estimate of drug-likeness (QED) is 0.238. The van der Waals surface area contributed by atoms with Gasteiger partial charge in [-0.05, 0) is 86.4 Å². The number of hydrogen-bond acceptors (Lipinski definition) is 8. The van der Waals surface area contributed by atoms with Crippen molar-refractivity contribution in [2.75, 3.05) is 13.2 Å². The number of aliphatic hydroxyl groups is 5. The number of allylic oxidation sites excluding steroid dienone is 1. The predicted octanol–water partition coefficient (Wildman–Crippen LogP) is 3.95. The summed E-state index contributed by atoms with van der Waals surface area (Å²) in [5.41, 5.74) is -1.36. The molecule has 1 spiro atoms. The summed E-state index contributed by atoms with van der Waals surface area (Å²) in [6.07, 6.45) is 5.98. The monoisotopic (exact) mass is 618 g/mol. The Labute approximate surface area is 263 Å². The molecule has 6 fully saturated rings. The van der Waals surface area contributed by atoms with E-state index < -0.39 is 36.1 Å². The summed E-state index contributed by atoms with van der Waals surface area (Å²) >= 11 is 0. The molecule has 44 heavy (non-hydrogen) atoms. The fourth-order valence-corrected chi connectivity index (χ4v) is 12.8. The van der Waals surface area contributed by atoms with E-state index in [4.69, 9.17) is 14.2 Å². The second kappa shape index (κ2) is 9.74. The molecular weight excluding hydrogens is 560 g/mol. The van der Waals surface area contributed by atoms with E-state index >= 15 is 0 Å². The summed E-state index contributed by atoms with van der Waals surface area (Å²) in [6, 6.07) is 0. The van der Waals surface area contributed by atoms with Crippen molar-refractivity contribution < 1.29 is 39.7 Å². The summed E-state index contributed by atoms with van der Waals surface area (Å²) < 4.78 is 19.4. The molecule has 4 saturated carbocycles. The van der Waals surface area contributed by atoms with Gasteiger partial charge < -0.3 is 39.7 Å². The van der Waals surface area contributed by atoms with Gasteiger partial charge in [-0.2, -0.15) is 0 Å². The number of rotatable bonds is 3. The van der Waals surface area contributed by atoms with Crippen LogP contribution in [0.4, 0.5) is 0 Å². The minimum Gasteiger partial charge on any atom is -0.396 e. The van der Waals surface area contributed by atoms with Crippen molar-refractivity contribution in [3.8, 4) is 0 Å². The van der Waals surface area contributed by atoms with Crippen LogP contribution in [0.15, 0.2) is 12.2 Å². The van der Waals surface area contributed by atoms with Crippen LogP contribution in [0.1, 0.15) is 99.8 Å². The second-order valence-electron chi connectivity index (χ2n) is 18.1. The van der Waals surface area contributed by atoms with Crippen LogP contribution in [0.5, 0.6) is 0 Å². The average Bonchev–Trinajstić information content (AvgIpc) is 3.24. The maximum Gasteiger partial charge on any atom is 0.186 e. The van der Waals surface area contributed by atoms with Crippen LogP contribution in [0, 0.1) is 50.2 Å². The summed E-state index contributed by atoms with van der Waals surface area (Å²) in [5.74, 6) is 0.695. The van der Waals surface area contributed by atoms with Crippen molar-refractivity contribution >= 4 is 0 Å². The molecule has 0 amide bonds. The summed E-state index contributed by atoms with van der Waals surface area (Å²) in [5, 5.41) is 54.4. The second-order valence-corrected chi connectivity index (χ2v) is 18.1. The van der Waals surface area contributed by atoms with Crippen LogP contribution in [-0.4, -0.2) is 87.3 Å². The van der Waals surface area contributed by atoms with Gasteiger partial charge in [0.1, 0.15) is 18.3 Å². The highest BCUT2D eigenvalue weighted by Gasteiger charge is 2.79. The van der Waals surface area contributed by atoms with E-state index in [-0.39, 0.29) is 63.3 Å². The Bertz CT molecular complexity index is 1190. The van der Waals surface area contributed by atoms with Crippen LogP contribution < -0.4 is 0 Å². The number of hydrogen-bond donors (Lipinski definition) is 5. The highest BCUT2D eigenvalue weighted by atomic mass is 16.7. The van der Waals surface area contributed by atoms with Crippen molar-refractivity contribution in [3.63, 3.8) is 0 Å². The molecule has 5 aliphatic carbocycles. The van der Waals surface area contributed by atoms with Crippen molar-refractivity contribution in [1.82, 2.24) is 0 Å². The topological polar surface area (TPSA) is 129 Å². The van der Waals surface area contributed by atoms with E-state index in [0.717, 1.165) is 44.9 Å². The lowest BCUT2D eigenvalue weighted by atomic mass is 9.32. The molecule has 7 rings (SSSR count). The van der Waals surface area contributed by atoms with Gasteiger partial charge in [0.05, 0.1) is 37.1 Å². The molecule has 16 atom stereocenters. The Morgan fingerprint density at radius 1 is 0.841 bits per heavy atom. The molecule has 0 radical (unpaired) electrons. The van der Waals surface area contributed by atoms with Crippen LogP contribution in [0.2, 0.25) is 0 Å². The molecule has 5 N–H and O–H groups in total. The van der Waals surface area contributed by atoms with Gasteiger partial charge in [0, 0.05) is 22.2 Å². The molecule has 250 valence electrons. The molecule has 0 aromatic heterocycles. The van der Waals surface area contributed by atoms with Gasteiger partial charge in [0.25, 0.3) is 0 Å². The van der Waals surface area contributed by atoms with Gasteiger partial charge in [-0.3, -0.25) is 0 Å². The first kappa shape index (κ1) is 32.0. The largest absolute Gasteiger partial charge is 0.396 e. The Hall–Kier alpha value is -0.580. The van der Waals surface area contributed by atoms with Gasteiger partial charge in [-0.15, -0.1) is 0 Å². The number of ether oxygens (including phenoxy) is 3. The fraction of sp³-hybridized carbons (Fsp3) is 0.944. The number of aliphatic hydroxyl groups excluding tert-OH is 5. The zero-order valence-electron chi connectivity index (χ0n) is 28.0. The summed E-state index contributed by atoms with van der Waals surface area (Å²) in [4.78, 5) is 0. The molecule has 0 aromatic rings. The maximum atomic E-state index is 12.0. The first-order valence-electron chi connectivity index (χ1n) is 17.4. The Morgan fingerprint density at radius 2 is 1.57 bits per heavy atom. The van der Waals surface area contributed by atoms with Crippen molar-refractivity contribution in [2.45, 2.75) is 148 Å². The van der Waals surface area contributed by atoms with Gasteiger partial charge in [0.15, 0.2) is 6.29 Å². The highest BCUT2D eigenvalue weighted by Crippen LogP contribution is 2.79. The molecule has 2 heterocycles. The lowest BCUT2D eigenvalue weighted by molar-refractivity contribution is -0.329. The van der Waals surface area contributed by atoms with E-state index in [2.05, 4.69) is 53.7 Å². The Balaban J connectivity index is 1.23. The fourth-order valence-electron chi connectivity index (χ4n) is 12.8. The first-order valence-corrected chi connectivity index (χ1v) is 17.4. The van der Waals surface area contributed by atoms with E-state index in [1.165, 1.54) is 0 Å². The first-order chi connectivity index (χ1) is 20.4. The Kier molecular flexibility index (Phi) is 7.08. The molecule has 0 aromatic carbocycles. The molecule has 2 saturated heterocycles. The Morgan fingerprint density at radius 3 is 2.27 bits per heavy atom. The normalized spacial score (nSPS) is 61.0. The van der Waals surface area contributed by atoms with Crippen LogP contribution in [0.3, 0.4) is 0 Å².